The van der Waals surface area contributed by atoms with Gasteiger partial charge in [-0.25, -0.2) is 9.97 Å². The second-order valence-corrected chi connectivity index (χ2v) is 6.25. The van der Waals surface area contributed by atoms with E-state index < -0.39 is 36.3 Å². The molecular weight excluding hydrogens is 396 g/mol. The van der Waals surface area contributed by atoms with Crippen LogP contribution in [0.2, 0.25) is 0 Å². The van der Waals surface area contributed by atoms with Gasteiger partial charge in [-0.1, -0.05) is 60.7 Å². The minimum atomic E-state index is -4.84. The fourth-order valence-electron chi connectivity index (χ4n) is 2.66. The van der Waals surface area contributed by atoms with Crippen LogP contribution in [0.25, 0.3) is 11.4 Å². The van der Waals surface area contributed by atoms with Crippen molar-refractivity contribution in [2.24, 2.45) is 0 Å². The normalized spacial score (nSPS) is 13.2. The lowest BCUT2D eigenvalue weighted by Gasteiger charge is -2.23. The highest BCUT2D eigenvalue weighted by Crippen LogP contribution is 2.32. The Morgan fingerprint density at radius 1 is 0.793 bits per heavy atom. The van der Waals surface area contributed by atoms with E-state index in [9.17, 15) is 26.3 Å². The molecule has 3 nitrogen and oxygen atoms in total. The van der Waals surface area contributed by atoms with E-state index in [1.807, 2.05) is 0 Å². The van der Waals surface area contributed by atoms with Crippen LogP contribution in [0.5, 0.6) is 0 Å². The standard InChI is InChI=1S/C20H15F6N3/c21-19(22,23)15(11-13-7-3-1-4-8-13)27-17-12-16(20(24,25)26)28-18(29-17)14-9-5-2-6-10-14/h1-10,12,15H,11H2,(H,27,28,29). The third kappa shape index (κ3) is 5.46. The molecule has 0 spiro atoms. The van der Waals surface area contributed by atoms with Gasteiger partial charge in [-0.2, -0.15) is 26.3 Å². The molecule has 3 rings (SSSR count). The third-order valence-corrected chi connectivity index (χ3v) is 4.05. The summed E-state index contributed by atoms with van der Waals surface area (Å²) >= 11 is 0. The Bertz CT molecular complexity index is 940. The Balaban J connectivity index is 1.99. The van der Waals surface area contributed by atoms with Gasteiger partial charge in [0.25, 0.3) is 0 Å². The summed E-state index contributed by atoms with van der Waals surface area (Å²) in [6, 6.07) is 14.0. The maximum Gasteiger partial charge on any atom is 0.433 e. The summed E-state index contributed by atoms with van der Waals surface area (Å²) in [6.45, 7) is 0. The van der Waals surface area contributed by atoms with Gasteiger partial charge in [0, 0.05) is 18.1 Å². The highest BCUT2D eigenvalue weighted by Gasteiger charge is 2.40. The molecule has 1 aromatic heterocycles. The Morgan fingerprint density at radius 2 is 1.38 bits per heavy atom. The lowest BCUT2D eigenvalue weighted by atomic mass is 10.1. The van der Waals surface area contributed by atoms with Gasteiger partial charge in [0.15, 0.2) is 11.5 Å². The van der Waals surface area contributed by atoms with Crippen LogP contribution in [-0.4, -0.2) is 22.2 Å². The maximum atomic E-state index is 13.5. The maximum absolute atomic E-state index is 13.5. The van der Waals surface area contributed by atoms with Crippen molar-refractivity contribution in [2.75, 3.05) is 5.32 Å². The molecule has 0 amide bonds. The monoisotopic (exact) mass is 411 g/mol. The number of alkyl halides is 6. The van der Waals surface area contributed by atoms with E-state index >= 15 is 0 Å². The van der Waals surface area contributed by atoms with Gasteiger partial charge in [0.1, 0.15) is 11.9 Å². The predicted molar refractivity (Wildman–Crippen MR) is 96.1 cm³/mol. The van der Waals surface area contributed by atoms with E-state index in [-0.39, 0.29) is 11.4 Å². The molecule has 29 heavy (non-hydrogen) atoms. The van der Waals surface area contributed by atoms with Crippen molar-refractivity contribution in [1.29, 1.82) is 0 Å². The van der Waals surface area contributed by atoms with Gasteiger partial charge >= 0.3 is 12.4 Å². The lowest BCUT2D eigenvalue weighted by Crippen LogP contribution is -2.38. The number of nitrogens with zero attached hydrogens (tertiary/aromatic N) is 2. The molecule has 0 radical (unpaired) electrons. The first-order chi connectivity index (χ1) is 13.6. The van der Waals surface area contributed by atoms with Crippen LogP contribution in [0.3, 0.4) is 0 Å². The van der Waals surface area contributed by atoms with Crippen molar-refractivity contribution in [1.82, 2.24) is 9.97 Å². The molecule has 1 N–H and O–H groups in total. The van der Waals surface area contributed by atoms with E-state index in [0.29, 0.717) is 11.6 Å². The van der Waals surface area contributed by atoms with E-state index in [2.05, 4.69) is 15.3 Å². The number of anilines is 1. The summed E-state index contributed by atoms with van der Waals surface area (Å²) in [7, 11) is 0. The molecule has 0 saturated heterocycles. The van der Waals surface area contributed by atoms with Gasteiger partial charge in [-0.05, 0) is 5.56 Å². The first-order valence-electron chi connectivity index (χ1n) is 8.52. The Hall–Kier alpha value is -3.10. The van der Waals surface area contributed by atoms with E-state index in [1.54, 1.807) is 36.4 Å². The molecule has 0 bridgehead atoms. The average Bonchev–Trinajstić information content (AvgIpc) is 2.67. The van der Waals surface area contributed by atoms with Gasteiger partial charge in [0.2, 0.25) is 0 Å². The molecule has 1 atom stereocenters. The average molecular weight is 411 g/mol. The van der Waals surface area contributed by atoms with Crippen molar-refractivity contribution in [2.45, 2.75) is 24.8 Å². The molecule has 0 fully saturated rings. The van der Waals surface area contributed by atoms with Crippen molar-refractivity contribution >= 4 is 5.82 Å². The number of benzene rings is 2. The van der Waals surface area contributed by atoms with Crippen LogP contribution in [0, 0.1) is 0 Å². The Labute approximate surface area is 162 Å². The number of halogens is 6. The number of hydrogen-bond acceptors (Lipinski definition) is 3. The molecule has 3 aromatic rings. The molecule has 0 aliphatic heterocycles. The Kier molecular flexibility index (Phi) is 5.76. The second-order valence-electron chi connectivity index (χ2n) is 6.25. The Morgan fingerprint density at radius 3 is 1.93 bits per heavy atom. The molecule has 152 valence electrons. The van der Waals surface area contributed by atoms with E-state index in [4.69, 9.17) is 0 Å². The van der Waals surface area contributed by atoms with Gasteiger partial charge < -0.3 is 5.32 Å². The van der Waals surface area contributed by atoms with Crippen molar-refractivity contribution < 1.29 is 26.3 Å². The van der Waals surface area contributed by atoms with Crippen LogP contribution in [0.15, 0.2) is 66.7 Å². The molecular formula is C20H15F6N3. The second kappa shape index (κ2) is 8.10. The zero-order valence-electron chi connectivity index (χ0n) is 14.8. The van der Waals surface area contributed by atoms with Crippen LogP contribution in [0.4, 0.5) is 32.2 Å². The van der Waals surface area contributed by atoms with Crippen LogP contribution >= 0.6 is 0 Å². The highest BCUT2D eigenvalue weighted by molar-refractivity contribution is 5.57. The molecule has 0 saturated carbocycles. The zero-order chi connectivity index (χ0) is 21.1. The summed E-state index contributed by atoms with van der Waals surface area (Å²) in [5, 5.41) is 2.11. The largest absolute Gasteiger partial charge is 0.433 e. The molecule has 9 heteroatoms. The first kappa shape index (κ1) is 20.6. The summed E-state index contributed by atoms with van der Waals surface area (Å²) in [5.74, 6) is -0.868. The summed E-state index contributed by atoms with van der Waals surface area (Å²) < 4.78 is 80.3. The minimum Gasteiger partial charge on any atom is -0.358 e. The molecule has 1 unspecified atom stereocenters. The molecule has 1 heterocycles. The highest BCUT2D eigenvalue weighted by atomic mass is 19.4. The minimum absolute atomic E-state index is 0.258. The van der Waals surface area contributed by atoms with E-state index in [1.165, 1.54) is 24.3 Å². The van der Waals surface area contributed by atoms with Crippen LogP contribution in [-0.2, 0) is 12.6 Å². The number of hydrogen-bond donors (Lipinski definition) is 1. The van der Waals surface area contributed by atoms with Crippen molar-refractivity contribution in [3.63, 3.8) is 0 Å². The van der Waals surface area contributed by atoms with Crippen molar-refractivity contribution in [3.05, 3.63) is 78.0 Å². The fourth-order valence-corrected chi connectivity index (χ4v) is 2.66. The van der Waals surface area contributed by atoms with Crippen LogP contribution in [0.1, 0.15) is 11.3 Å². The molecule has 0 aliphatic carbocycles. The summed E-state index contributed by atoms with van der Waals surface area (Å²) in [4.78, 5) is 7.36. The molecule has 2 aromatic carbocycles. The lowest BCUT2D eigenvalue weighted by molar-refractivity contribution is -0.142. The quantitative estimate of drug-likeness (QED) is 0.544. The third-order valence-electron chi connectivity index (χ3n) is 4.05. The predicted octanol–water partition coefficient (Wildman–Crippen LogP) is 5.75. The smallest absolute Gasteiger partial charge is 0.358 e. The topological polar surface area (TPSA) is 37.8 Å². The van der Waals surface area contributed by atoms with E-state index in [0.717, 1.165) is 0 Å². The number of aromatic nitrogens is 2. The summed E-state index contributed by atoms with van der Waals surface area (Å²) in [5.41, 5.74) is -0.682. The van der Waals surface area contributed by atoms with Gasteiger partial charge in [-0.3, -0.25) is 0 Å². The first-order valence-corrected chi connectivity index (χ1v) is 8.52. The van der Waals surface area contributed by atoms with Crippen LogP contribution < -0.4 is 5.32 Å². The number of rotatable bonds is 5. The van der Waals surface area contributed by atoms with Gasteiger partial charge in [0.05, 0.1) is 0 Å². The summed E-state index contributed by atoms with van der Waals surface area (Å²) in [6.07, 6.45) is -10.0. The fraction of sp³-hybridized carbons (Fsp3) is 0.200. The van der Waals surface area contributed by atoms with Gasteiger partial charge in [-0.15, -0.1) is 0 Å². The number of nitrogens with one attached hydrogen (secondary N) is 1. The van der Waals surface area contributed by atoms with Crippen molar-refractivity contribution in [3.8, 4) is 11.4 Å². The zero-order valence-corrected chi connectivity index (χ0v) is 14.8. The molecule has 0 aliphatic rings. The SMILES string of the molecule is FC(F)(F)c1cc(NC(Cc2ccccc2)C(F)(F)F)nc(-c2ccccc2)n1.